The number of nitrogens with zero attached hydrogens (tertiary/aromatic N) is 2. The molecule has 2 unspecified atom stereocenters. The molecule has 0 spiro atoms. The van der Waals surface area contributed by atoms with E-state index in [1.165, 1.54) is 0 Å². The van der Waals surface area contributed by atoms with Crippen molar-refractivity contribution in [2.24, 2.45) is 0 Å². The summed E-state index contributed by atoms with van der Waals surface area (Å²) in [5.74, 6) is -0.678. The topological polar surface area (TPSA) is 55.8 Å². The number of carboxylic acids is 1. The highest BCUT2D eigenvalue weighted by molar-refractivity contribution is 5.79. The van der Waals surface area contributed by atoms with Crippen LogP contribution in [0.3, 0.4) is 0 Å². The van der Waals surface area contributed by atoms with Crippen LogP contribution in [0.1, 0.15) is 45.4 Å². The number of carbonyl (C=O) groups is 1. The Morgan fingerprint density at radius 3 is 2.62 bits per heavy atom. The molecule has 5 heteroatoms. The van der Waals surface area contributed by atoms with Crippen molar-refractivity contribution in [1.82, 2.24) is 15.1 Å². The van der Waals surface area contributed by atoms with E-state index >= 15 is 0 Å². The van der Waals surface area contributed by atoms with Gasteiger partial charge in [0.2, 0.25) is 0 Å². The van der Waals surface area contributed by atoms with Crippen molar-refractivity contribution in [3.05, 3.63) is 0 Å². The predicted molar refractivity (Wildman–Crippen MR) is 86.7 cm³/mol. The Bertz CT molecular complexity index is 323. The van der Waals surface area contributed by atoms with Crippen molar-refractivity contribution in [2.75, 3.05) is 40.8 Å². The summed E-state index contributed by atoms with van der Waals surface area (Å²) in [4.78, 5) is 16.3. The molecule has 1 rings (SSSR count). The lowest BCUT2D eigenvalue weighted by Gasteiger charge is -2.42. The Morgan fingerprint density at radius 1 is 1.33 bits per heavy atom. The summed E-state index contributed by atoms with van der Waals surface area (Å²) in [7, 11) is 6.31. The summed E-state index contributed by atoms with van der Waals surface area (Å²) in [5.41, 5.74) is -0.714. The van der Waals surface area contributed by atoms with Gasteiger partial charge < -0.3 is 20.2 Å². The van der Waals surface area contributed by atoms with Gasteiger partial charge in [-0.25, -0.2) is 0 Å². The van der Waals surface area contributed by atoms with Crippen molar-refractivity contribution in [2.45, 2.75) is 57.0 Å². The van der Waals surface area contributed by atoms with Crippen LogP contribution >= 0.6 is 0 Å². The van der Waals surface area contributed by atoms with Crippen LogP contribution in [0.4, 0.5) is 0 Å². The Hall–Kier alpha value is -0.650. The lowest BCUT2D eigenvalue weighted by atomic mass is 9.78. The van der Waals surface area contributed by atoms with Crippen LogP contribution in [-0.2, 0) is 4.79 Å². The van der Waals surface area contributed by atoms with Gasteiger partial charge in [0.1, 0.15) is 5.54 Å². The molecule has 0 saturated heterocycles. The SMILES string of the molecule is CCCNC1(C(=O)O)CCCC(N(C)CCCN(C)C)C1. The first kappa shape index (κ1) is 18.4. The predicted octanol–water partition coefficient (Wildman–Crippen LogP) is 1.64. The minimum Gasteiger partial charge on any atom is -0.480 e. The molecular weight excluding hydrogens is 266 g/mol. The van der Waals surface area contributed by atoms with E-state index in [9.17, 15) is 9.90 Å². The fraction of sp³-hybridized carbons (Fsp3) is 0.938. The van der Waals surface area contributed by atoms with Gasteiger partial charge in [0.15, 0.2) is 0 Å². The Balaban J connectivity index is 2.57. The first-order valence-electron chi connectivity index (χ1n) is 8.24. The van der Waals surface area contributed by atoms with Gasteiger partial charge in [0.25, 0.3) is 0 Å². The molecule has 1 aliphatic carbocycles. The number of hydrogen-bond donors (Lipinski definition) is 2. The number of hydrogen-bond acceptors (Lipinski definition) is 4. The van der Waals surface area contributed by atoms with E-state index in [0.717, 1.165) is 58.2 Å². The standard InChI is InChI=1S/C16H33N3O2/c1-5-10-17-16(15(20)21)9-6-8-14(13-16)19(4)12-7-11-18(2)3/h14,17H,5-13H2,1-4H3,(H,20,21). The summed E-state index contributed by atoms with van der Waals surface area (Å²) in [6.45, 7) is 4.97. The van der Waals surface area contributed by atoms with Gasteiger partial charge in [0, 0.05) is 6.04 Å². The Morgan fingerprint density at radius 2 is 2.05 bits per heavy atom. The molecule has 1 saturated carbocycles. The molecule has 1 aliphatic rings. The molecule has 0 radical (unpaired) electrons. The molecule has 2 atom stereocenters. The average molecular weight is 299 g/mol. The van der Waals surface area contributed by atoms with Crippen molar-refractivity contribution >= 4 is 5.97 Å². The van der Waals surface area contributed by atoms with Gasteiger partial charge in [-0.3, -0.25) is 4.79 Å². The number of nitrogens with one attached hydrogen (secondary N) is 1. The van der Waals surface area contributed by atoms with Gasteiger partial charge in [0.05, 0.1) is 0 Å². The van der Waals surface area contributed by atoms with E-state index in [2.05, 4.69) is 43.2 Å². The molecule has 0 aliphatic heterocycles. The maximum Gasteiger partial charge on any atom is 0.323 e. The van der Waals surface area contributed by atoms with E-state index in [-0.39, 0.29) is 0 Å². The first-order valence-corrected chi connectivity index (χ1v) is 8.24. The normalized spacial score (nSPS) is 26.5. The molecule has 0 heterocycles. The van der Waals surface area contributed by atoms with Gasteiger partial charge in [-0.05, 0) is 79.3 Å². The summed E-state index contributed by atoms with van der Waals surface area (Å²) >= 11 is 0. The lowest BCUT2D eigenvalue weighted by Crippen LogP contribution is -2.58. The Labute approximate surface area is 129 Å². The third-order valence-corrected chi connectivity index (χ3v) is 4.59. The van der Waals surface area contributed by atoms with Gasteiger partial charge in [-0.1, -0.05) is 6.92 Å². The van der Waals surface area contributed by atoms with E-state index in [4.69, 9.17) is 0 Å². The molecule has 124 valence electrons. The fourth-order valence-electron chi connectivity index (χ4n) is 3.24. The first-order chi connectivity index (χ1) is 9.91. The lowest BCUT2D eigenvalue weighted by molar-refractivity contribution is -0.147. The third-order valence-electron chi connectivity index (χ3n) is 4.59. The number of aliphatic carboxylic acids is 1. The molecule has 2 N–H and O–H groups in total. The molecule has 0 amide bonds. The smallest absolute Gasteiger partial charge is 0.323 e. The van der Waals surface area contributed by atoms with E-state index < -0.39 is 11.5 Å². The van der Waals surface area contributed by atoms with E-state index in [0.29, 0.717) is 6.04 Å². The molecular formula is C16H33N3O2. The van der Waals surface area contributed by atoms with Gasteiger partial charge in [-0.2, -0.15) is 0 Å². The van der Waals surface area contributed by atoms with Crippen molar-refractivity contribution in [3.8, 4) is 0 Å². The zero-order valence-electron chi connectivity index (χ0n) is 14.2. The van der Waals surface area contributed by atoms with Crippen LogP contribution in [0.2, 0.25) is 0 Å². The van der Waals surface area contributed by atoms with Crippen molar-refractivity contribution in [3.63, 3.8) is 0 Å². The second kappa shape index (κ2) is 8.71. The van der Waals surface area contributed by atoms with Gasteiger partial charge >= 0.3 is 5.97 Å². The summed E-state index contributed by atoms with van der Waals surface area (Å²) in [5, 5.41) is 13.0. The van der Waals surface area contributed by atoms with Gasteiger partial charge in [-0.15, -0.1) is 0 Å². The Kier molecular flexibility index (Phi) is 7.63. The van der Waals surface area contributed by atoms with Crippen LogP contribution in [0.5, 0.6) is 0 Å². The van der Waals surface area contributed by atoms with E-state index in [1.807, 2.05) is 0 Å². The second-order valence-corrected chi connectivity index (χ2v) is 6.70. The largest absolute Gasteiger partial charge is 0.480 e. The third kappa shape index (κ3) is 5.57. The van der Waals surface area contributed by atoms with Crippen LogP contribution in [0.15, 0.2) is 0 Å². The molecule has 1 fully saturated rings. The van der Waals surface area contributed by atoms with Crippen LogP contribution in [0, 0.1) is 0 Å². The van der Waals surface area contributed by atoms with Crippen LogP contribution in [-0.4, -0.2) is 73.2 Å². The second-order valence-electron chi connectivity index (χ2n) is 6.70. The number of rotatable bonds is 9. The zero-order valence-corrected chi connectivity index (χ0v) is 14.2. The summed E-state index contributed by atoms with van der Waals surface area (Å²) < 4.78 is 0. The molecule has 0 aromatic carbocycles. The number of carboxylic acid groups (broad SMARTS) is 1. The minimum atomic E-state index is -0.714. The minimum absolute atomic E-state index is 0.376. The van der Waals surface area contributed by atoms with Crippen LogP contribution in [0.25, 0.3) is 0 Å². The highest BCUT2D eigenvalue weighted by atomic mass is 16.4. The summed E-state index contributed by atoms with van der Waals surface area (Å²) in [6, 6.07) is 0.376. The maximum atomic E-state index is 11.8. The van der Waals surface area contributed by atoms with Crippen molar-refractivity contribution in [1.29, 1.82) is 0 Å². The molecule has 21 heavy (non-hydrogen) atoms. The molecule has 0 aromatic heterocycles. The molecule has 0 bridgehead atoms. The zero-order chi connectivity index (χ0) is 15.9. The maximum absolute atomic E-state index is 11.8. The monoisotopic (exact) mass is 299 g/mol. The van der Waals surface area contributed by atoms with Crippen LogP contribution < -0.4 is 5.32 Å². The van der Waals surface area contributed by atoms with Crippen molar-refractivity contribution < 1.29 is 9.90 Å². The molecule has 5 nitrogen and oxygen atoms in total. The molecule has 0 aromatic rings. The van der Waals surface area contributed by atoms with E-state index in [1.54, 1.807) is 0 Å². The highest BCUT2D eigenvalue weighted by Crippen LogP contribution is 2.31. The fourth-order valence-corrected chi connectivity index (χ4v) is 3.24. The highest BCUT2D eigenvalue weighted by Gasteiger charge is 2.43. The summed E-state index contributed by atoms with van der Waals surface area (Å²) in [6.07, 6.45) is 5.68. The quantitative estimate of drug-likeness (QED) is 0.678. The average Bonchev–Trinajstić information content (AvgIpc) is 2.44.